The molecule has 1 saturated heterocycles. The normalized spacial score (nSPS) is 16.5. The summed E-state index contributed by atoms with van der Waals surface area (Å²) in [6.45, 7) is 2.68. The summed E-state index contributed by atoms with van der Waals surface area (Å²) in [6, 6.07) is 4.97. The Morgan fingerprint density at radius 3 is 2.81 bits per heavy atom. The number of carbonyl (C=O) groups is 1. The Labute approximate surface area is 180 Å². The van der Waals surface area contributed by atoms with Crippen LogP contribution in [0, 0.1) is 6.92 Å². The van der Waals surface area contributed by atoms with Crippen LogP contribution in [-0.4, -0.2) is 40.1 Å². The van der Waals surface area contributed by atoms with Gasteiger partial charge in [-0.2, -0.15) is 13.2 Å². The molecule has 1 atom stereocenters. The number of anilines is 1. The van der Waals surface area contributed by atoms with Crippen molar-refractivity contribution in [3.05, 3.63) is 59.0 Å². The number of ether oxygens (including phenoxy) is 1. The molecule has 0 radical (unpaired) electrons. The number of alkyl halides is 3. The zero-order chi connectivity index (χ0) is 22.0. The number of aryl methyl sites for hydroxylation is 1. The second-order valence-electron chi connectivity index (χ2n) is 7.19. The van der Waals surface area contributed by atoms with Gasteiger partial charge in [0.2, 0.25) is 0 Å². The van der Waals surface area contributed by atoms with Gasteiger partial charge in [0.15, 0.2) is 5.13 Å². The summed E-state index contributed by atoms with van der Waals surface area (Å²) in [4.78, 5) is 27.4. The van der Waals surface area contributed by atoms with Gasteiger partial charge in [-0.3, -0.25) is 14.7 Å². The number of aromatic nitrogens is 3. The molecule has 0 aliphatic carbocycles. The number of amides is 1. The van der Waals surface area contributed by atoms with Crippen molar-refractivity contribution in [1.82, 2.24) is 15.0 Å². The summed E-state index contributed by atoms with van der Waals surface area (Å²) in [7, 11) is 0. The van der Waals surface area contributed by atoms with Crippen molar-refractivity contribution in [3.63, 3.8) is 0 Å². The third kappa shape index (κ3) is 4.91. The number of nitrogens with zero attached hydrogens (tertiary/aromatic N) is 4. The first-order valence-electron chi connectivity index (χ1n) is 9.66. The molecule has 3 heterocycles. The van der Waals surface area contributed by atoms with Crippen molar-refractivity contribution in [2.75, 3.05) is 18.1 Å². The summed E-state index contributed by atoms with van der Waals surface area (Å²) in [5.41, 5.74) is 0.799. The average molecular weight is 448 g/mol. The van der Waals surface area contributed by atoms with E-state index in [1.807, 2.05) is 0 Å². The highest BCUT2D eigenvalue weighted by Gasteiger charge is 2.31. The number of carbonyl (C=O) groups excluding carboxylic acids is 1. The quantitative estimate of drug-likeness (QED) is 0.563. The molecule has 6 nitrogen and oxygen atoms in total. The summed E-state index contributed by atoms with van der Waals surface area (Å²) < 4.78 is 44.9. The number of halogens is 3. The van der Waals surface area contributed by atoms with Gasteiger partial charge >= 0.3 is 6.18 Å². The number of benzene rings is 1. The maximum atomic E-state index is 13.2. The van der Waals surface area contributed by atoms with Crippen LogP contribution >= 0.6 is 11.3 Å². The van der Waals surface area contributed by atoms with E-state index in [9.17, 15) is 18.0 Å². The van der Waals surface area contributed by atoms with E-state index < -0.39 is 11.7 Å². The molecule has 1 fully saturated rings. The fourth-order valence-corrected chi connectivity index (χ4v) is 4.10. The van der Waals surface area contributed by atoms with E-state index in [4.69, 9.17) is 4.74 Å². The molecule has 1 aliphatic heterocycles. The maximum Gasteiger partial charge on any atom is 0.416 e. The number of rotatable bonds is 5. The fourth-order valence-electron chi connectivity index (χ4n) is 3.26. The average Bonchev–Trinajstić information content (AvgIpc) is 3.44. The Bertz CT molecular complexity index is 1060. The van der Waals surface area contributed by atoms with E-state index in [-0.39, 0.29) is 24.2 Å². The predicted octanol–water partition coefficient (Wildman–Crippen LogP) is 4.75. The van der Waals surface area contributed by atoms with Gasteiger partial charge in [-0.1, -0.05) is 12.1 Å². The minimum atomic E-state index is -4.44. The lowest BCUT2D eigenvalue weighted by atomic mass is 10.1. The lowest BCUT2D eigenvalue weighted by molar-refractivity contribution is -0.137. The third-order valence-electron chi connectivity index (χ3n) is 4.86. The molecule has 2 aromatic heterocycles. The van der Waals surface area contributed by atoms with Gasteiger partial charge in [0, 0.05) is 23.7 Å². The maximum absolute atomic E-state index is 13.2. The fraction of sp³-hybridized carbons (Fsp3) is 0.333. The summed E-state index contributed by atoms with van der Waals surface area (Å²) in [5, 5.41) is 2.01. The second-order valence-corrected chi connectivity index (χ2v) is 8.02. The molecule has 4 rings (SSSR count). The van der Waals surface area contributed by atoms with Crippen LogP contribution in [-0.2, 0) is 10.9 Å². The van der Waals surface area contributed by atoms with Crippen molar-refractivity contribution in [2.45, 2.75) is 32.0 Å². The summed E-state index contributed by atoms with van der Waals surface area (Å²) in [5.74, 6) is -0.382. The van der Waals surface area contributed by atoms with Crippen LogP contribution in [0.25, 0.3) is 11.3 Å². The molecule has 1 aromatic carbocycles. The molecule has 0 N–H and O–H groups in total. The first-order chi connectivity index (χ1) is 14.8. The molecule has 1 amide bonds. The van der Waals surface area contributed by atoms with Crippen molar-refractivity contribution in [2.24, 2.45) is 0 Å². The zero-order valence-corrected chi connectivity index (χ0v) is 17.4. The molecule has 0 unspecified atom stereocenters. The van der Waals surface area contributed by atoms with Crippen LogP contribution in [0.1, 0.15) is 34.6 Å². The molecular weight excluding hydrogens is 429 g/mol. The van der Waals surface area contributed by atoms with E-state index in [0.717, 1.165) is 25.0 Å². The van der Waals surface area contributed by atoms with Crippen molar-refractivity contribution >= 4 is 22.4 Å². The molecule has 3 aromatic rings. The smallest absolute Gasteiger partial charge is 0.376 e. The van der Waals surface area contributed by atoms with Crippen LogP contribution in [0.5, 0.6) is 0 Å². The monoisotopic (exact) mass is 448 g/mol. The van der Waals surface area contributed by atoms with Gasteiger partial charge < -0.3 is 4.74 Å². The first kappa shape index (κ1) is 21.4. The Morgan fingerprint density at radius 2 is 2.13 bits per heavy atom. The molecule has 1 aliphatic rings. The molecule has 0 bridgehead atoms. The van der Waals surface area contributed by atoms with Crippen LogP contribution in [0.2, 0.25) is 0 Å². The molecule has 10 heteroatoms. The minimum Gasteiger partial charge on any atom is -0.376 e. The van der Waals surface area contributed by atoms with Gasteiger partial charge in [0.05, 0.1) is 35.8 Å². The van der Waals surface area contributed by atoms with E-state index in [1.54, 1.807) is 18.4 Å². The zero-order valence-electron chi connectivity index (χ0n) is 16.6. The SMILES string of the molecule is Cc1cnc(C(=O)N(C[C@H]2CCCO2)c2nc(-c3cccc(C(F)(F)F)c3)cs2)cn1. The molecule has 162 valence electrons. The number of hydrogen-bond acceptors (Lipinski definition) is 6. The number of hydrogen-bond donors (Lipinski definition) is 0. The van der Waals surface area contributed by atoms with Gasteiger partial charge in [0.1, 0.15) is 5.69 Å². The Balaban J connectivity index is 1.65. The Kier molecular flexibility index (Phi) is 6.01. The van der Waals surface area contributed by atoms with E-state index in [2.05, 4.69) is 15.0 Å². The highest BCUT2D eigenvalue weighted by Crippen LogP contribution is 2.34. The Hall–Kier alpha value is -2.85. The van der Waals surface area contributed by atoms with Gasteiger partial charge in [0.25, 0.3) is 5.91 Å². The summed E-state index contributed by atoms with van der Waals surface area (Å²) in [6.07, 6.45) is 0.0539. The second kappa shape index (κ2) is 8.72. The van der Waals surface area contributed by atoms with Crippen molar-refractivity contribution in [1.29, 1.82) is 0 Å². The van der Waals surface area contributed by atoms with Gasteiger partial charge in [-0.05, 0) is 31.9 Å². The molecule has 0 saturated carbocycles. The molecule has 31 heavy (non-hydrogen) atoms. The standard InChI is InChI=1S/C21H19F3N4O2S/c1-13-9-26-17(10-25-13)19(29)28(11-16-6-3-7-30-16)20-27-18(12-31-20)14-4-2-5-15(8-14)21(22,23)24/h2,4-5,8-10,12,16H,3,6-7,11H2,1H3/t16-/m1/s1. The largest absolute Gasteiger partial charge is 0.416 e. The van der Waals surface area contributed by atoms with Crippen LogP contribution in [0.15, 0.2) is 42.0 Å². The topological polar surface area (TPSA) is 68.2 Å². The molecular formula is C21H19F3N4O2S. The Morgan fingerprint density at radius 1 is 1.29 bits per heavy atom. The summed E-state index contributed by atoms with van der Waals surface area (Å²) >= 11 is 1.18. The third-order valence-corrected chi connectivity index (χ3v) is 5.73. The lowest BCUT2D eigenvalue weighted by Gasteiger charge is -2.22. The van der Waals surface area contributed by atoms with E-state index in [0.29, 0.717) is 28.7 Å². The molecule has 0 spiro atoms. The van der Waals surface area contributed by atoms with Gasteiger partial charge in [-0.15, -0.1) is 11.3 Å². The lowest BCUT2D eigenvalue weighted by Crippen LogP contribution is -2.38. The minimum absolute atomic E-state index is 0.136. The van der Waals surface area contributed by atoms with Crippen LogP contribution < -0.4 is 4.90 Å². The van der Waals surface area contributed by atoms with Crippen LogP contribution in [0.4, 0.5) is 18.3 Å². The van der Waals surface area contributed by atoms with Crippen molar-refractivity contribution in [3.8, 4) is 11.3 Å². The first-order valence-corrected chi connectivity index (χ1v) is 10.5. The van der Waals surface area contributed by atoms with E-state index in [1.165, 1.54) is 34.7 Å². The van der Waals surface area contributed by atoms with Crippen LogP contribution in [0.3, 0.4) is 0 Å². The highest BCUT2D eigenvalue weighted by atomic mass is 32.1. The van der Waals surface area contributed by atoms with E-state index >= 15 is 0 Å². The highest BCUT2D eigenvalue weighted by molar-refractivity contribution is 7.14. The predicted molar refractivity (Wildman–Crippen MR) is 110 cm³/mol. The van der Waals surface area contributed by atoms with Gasteiger partial charge in [-0.25, -0.2) is 9.97 Å². The number of thiazole rings is 1. The van der Waals surface area contributed by atoms with Crippen molar-refractivity contribution < 1.29 is 22.7 Å².